The van der Waals surface area contributed by atoms with Gasteiger partial charge in [-0.15, -0.1) is 0 Å². The zero-order valence-corrected chi connectivity index (χ0v) is 39.7. The van der Waals surface area contributed by atoms with E-state index in [1.165, 1.54) is 53.2 Å². The molecule has 4 aliphatic heterocycles. The lowest BCUT2D eigenvalue weighted by molar-refractivity contribution is -0.311. The number of hydrogen-bond acceptors (Lipinski definition) is 22. The zero-order valence-electron chi connectivity index (χ0n) is 39.7. The van der Waals surface area contributed by atoms with Gasteiger partial charge in [0.15, 0.2) is 30.4 Å². The second kappa shape index (κ2) is 22.0. The number of ether oxygens (including phenoxy) is 11. The molecule has 21 atom stereocenters. The van der Waals surface area contributed by atoms with Crippen molar-refractivity contribution in [3.05, 3.63) is 29.3 Å². The van der Waals surface area contributed by atoms with Gasteiger partial charge in [-0.2, -0.15) is 0 Å². The van der Waals surface area contributed by atoms with Crippen molar-refractivity contribution in [3.8, 4) is 17.2 Å². The van der Waals surface area contributed by atoms with E-state index in [4.69, 9.17) is 52.1 Å². The standard InChI is InChI=1S/C47H66O22/c1-17(48)38(53)43(58)46(60-8)26-11-24-9-23-10-25(66-34-16-31(65-22(6)49)45(21(5)64-34)68-33-14-29(52)44(59-7)20(4)63-33)12-27(50)36(23)41(56)37(24)42(57)47(26)69-35-15-30(40(55)19(3)62-35)67-32-13-28(51)39(54)18(2)61-32/h9-10,12,17-21,26,28-35,38-40,44-48,50-56H,11,13-16H2,1-8H3/t17-,18?,19?,20?,21?,26+,28?,29?,30?,31?,32?,33?,34?,35?,38+,39?,40?,44?,45?,46+,47+/m1/s1. The number of rotatable bonds is 15. The van der Waals surface area contributed by atoms with Crippen LogP contribution in [-0.2, 0) is 63.4 Å². The van der Waals surface area contributed by atoms with Crippen LogP contribution in [0.1, 0.15) is 83.1 Å². The van der Waals surface area contributed by atoms with Crippen LogP contribution in [-0.4, -0.2) is 195 Å². The fourth-order valence-corrected chi connectivity index (χ4v) is 10.2. The van der Waals surface area contributed by atoms with E-state index in [0.29, 0.717) is 0 Å². The van der Waals surface area contributed by atoms with Gasteiger partial charge in [0, 0.05) is 58.8 Å². The molecular weight excluding hydrogens is 916 g/mol. The number of fused-ring (bicyclic) bond motifs is 2. The largest absolute Gasteiger partial charge is 0.507 e. The van der Waals surface area contributed by atoms with Gasteiger partial charge < -0.3 is 93.0 Å². The molecule has 1 aliphatic carbocycles. The number of aromatic hydroxyl groups is 2. The van der Waals surface area contributed by atoms with Gasteiger partial charge >= 0.3 is 5.97 Å². The third kappa shape index (κ3) is 11.4. The molecule has 386 valence electrons. The summed E-state index contributed by atoms with van der Waals surface area (Å²) >= 11 is 0. The van der Waals surface area contributed by atoms with Gasteiger partial charge in [0.2, 0.25) is 6.29 Å². The molecule has 2 aromatic carbocycles. The molecule has 4 fully saturated rings. The first-order chi connectivity index (χ1) is 32.6. The molecule has 7 rings (SSSR count). The highest BCUT2D eigenvalue weighted by Crippen LogP contribution is 2.46. The molecule has 4 saturated heterocycles. The molecule has 22 heteroatoms. The summed E-state index contributed by atoms with van der Waals surface area (Å²) in [6.45, 7) is 8.97. The van der Waals surface area contributed by atoms with Crippen LogP contribution >= 0.6 is 0 Å². The molecule has 0 radical (unpaired) electrons. The maximum Gasteiger partial charge on any atom is 0.303 e. The number of esters is 1. The van der Waals surface area contributed by atoms with Gasteiger partial charge in [-0.25, -0.2) is 0 Å². The highest BCUT2D eigenvalue weighted by atomic mass is 16.7. The van der Waals surface area contributed by atoms with Crippen molar-refractivity contribution in [2.45, 2.75) is 196 Å². The van der Waals surface area contributed by atoms with Crippen molar-refractivity contribution < 1.29 is 107 Å². The molecule has 69 heavy (non-hydrogen) atoms. The van der Waals surface area contributed by atoms with E-state index in [1.807, 2.05) is 0 Å². The average Bonchev–Trinajstić information content (AvgIpc) is 3.26. The van der Waals surface area contributed by atoms with E-state index in [0.717, 1.165) is 0 Å². The number of aliphatic hydroxyl groups is 6. The monoisotopic (exact) mass is 982 g/mol. The Morgan fingerprint density at radius 1 is 0.725 bits per heavy atom. The summed E-state index contributed by atoms with van der Waals surface area (Å²) in [6, 6.07) is 4.20. The highest BCUT2D eigenvalue weighted by molar-refractivity contribution is 6.11. The third-order valence-electron chi connectivity index (χ3n) is 13.6. The fraction of sp³-hybridized carbons (Fsp3) is 0.723. The van der Waals surface area contributed by atoms with Crippen molar-refractivity contribution in [1.29, 1.82) is 0 Å². The summed E-state index contributed by atoms with van der Waals surface area (Å²) in [7, 11) is 2.66. The second-order valence-corrected chi connectivity index (χ2v) is 18.7. The minimum atomic E-state index is -1.92. The van der Waals surface area contributed by atoms with E-state index in [2.05, 4.69) is 0 Å². The number of hydrogen-bond donors (Lipinski definition) is 8. The van der Waals surface area contributed by atoms with Crippen molar-refractivity contribution in [3.63, 3.8) is 0 Å². The molecule has 0 bridgehead atoms. The van der Waals surface area contributed by atoms with E-state index >= 15 is 0 Å². The fourth-order valence-electron chi connectivity index (χ4n) is 10.2. The zero-order chi connectivity index (χ0) is 50.3. The molecule has 22 nitrogen and oxygen atoms in total. The van der Waals surface area contributed by atoms with Gasteiger partial charge in [-0.1, -0.05) is 0 Å². The van der Waals surface area contributed by atoms with Crippen LogP contribution in [0.5, 0.6) is 17.2 Å². The lowest BCUT2D eigenvalue weighted by Gasteiger charge is -2.43. The van der Waals surface area contributed by atoms with E-state index in [9.17, 15) is 55.2 Å². The molecule has 0 spiro atoms. The lowest BCUT2D eigenvalue weighted by atomic mass is 9.75. The summed E-state index contributed by atoms with van der Waals surface area (Å²) in [5.41, 5.74) is -0.0495. The third-order valence-corrected chi connectivity index (χ3v) is 13.6. The predicted molar refractivity (Wildman–Crippen MR) is 234 cm³/mol. The Hall–Kier alpha value is -3.69. The van der Waals surface area contributed by atoms with Crippen LogP contribution in [0.4, 0.5) is 0 Å². The quantitative estimate of drug-likeness (QED) is 0.112. The summed E-state index contributed by atoms with van der Waals surface area (Å²) in [5, 5.41) is 86.6. The molecule has 4 heterocycles. The van der Waals surface area contributed by atoms with E-state index in [-0.39, 0.29) is 59.8 Å². The predicted octanol–water partition coefficient (Wildman–Crippen LogP) is 0.396. The SMILES string of the molecule is COC1C(O)CC(OC2C(C)OC(Oc3cc(O)c4c(O)c5c(cc4c3)C[C@@H]([C@H](OC)C(=O)[C@@H](O)[C@@H](C)O)[C@H](OC3CC(OC4CC(O)C(O)C(C)O4)C(O)C(C)O3)C5=O)CC2OC(C)=O)OC1C. The molecule has 5 aliphatic rings. The van der Waals surface area contributed by atoms with Crippen LogP contribution < -0.4 is 4.74 Å². The highest BCUT2D eigenvalue weighted by Gasteiger charge is 2.50. The molecule has 8 N–H and O–H groups in total. The number of carbonyl (C=O) groups excluding carboxylic acids is 3. The maximum absolute atomic E-state index is 14.8. The Bertz CT molecular complexity index is 2110. The summed E-state index contributed by atoms with van der Waals surface area (Å²) in [6.07, 6.45) is -22.1. The number of ketones is 2. The Morgan fingerprint density at radius 3 is 1.94 bits per heavy atom. The van der Waals surface area contributed by atoms with Crippen molar-refractivity contribution in [1.82, 2.24) is 0 Å². The minimum Gasteiger partial charge on any atom is -0.507 e. The molecular formula is C47H66O22. The van der Waals surface area contributed by atoms with E-state index in [1.54, 1.807) is 20.8 Å². The first-order valence-corrected chi connectivity index (χ1v) is 23.3. The molecule has 0 amide bonds. The number of benzene rings is 2. The van der Waals surface area contributed by atoms with Crippen LogP contribution in [0.25, 0.3) is 10.8 Å². The smallest absolute Gasteiger partial charge is 0.303 e. The Kier molecular flexibility index (Phi) is 16.9. The molecule has 2 aromatic rings. The topological polar surface area (TPSA) is 315 Å². The second-order valence-electron chi connectivity index (χ2n) is 18.7. The Morgan fingerprint density at radius 2 is 1.32 bits per heavy atom. The van der Waals surface area contributed by atoms with Crippen molar-refractivity contribution in [2.24, 2.45) is 5.92 Å². The van der Waals surface area contributed by atoms with Crippen molar-refractivity contribution >= 4 is 28.3 Å². The van der Waals surface area contributed by atoms with Crippen LogP contribution in [0, 0.1) is 5.92 Å². The normalized spacial score (nSPS) is 38.7. The van der Waals surface area contributed by atoms with Gasteiger partial charge in [0.05, 0.1) is 59.8 Å². The summed E-state index contributed by atoms with van der Waals surface area (Å²) < 4.78 is 65.3. The van der Waals surface area contributed by atoms with Crippen LogP contribution in [0.2, 0.25) is 0 Å². The minimum absolute atomic E-state index is 0.0349. The molecule has 0 saturated carbocycles. The number of aliphatic hydroxyl groups excluding tert-OH is 6. The number of phenolic OH excluding ortho intramolecular Hbond substituents is 2. The van der Waals surface area contributed by atoms with Crippen LogP contribution in [0.15, 0.2) is 18.2 Å². The lowest BCUT2D eigenvalue weighted by Crippen LogP contribution is -2.56. The first-order valence-electron chi connectivity index (χ1n) is 23.3. The van der Waals surface area contributed by atoms with Gasteiger partial charge in [0.1, 0.15) is 66.1 Å². The maximum atomic E-state index is 14.8. The van der Waals surface area contributed by atoms with E-state index < -0.39 is 158 Å². The molecule has 0 aromatic heterocycles. The van der Waals surface area contributed by atoms with Gasteiger partial charge in [-0.05, 0) is 64.1 Å². The van der Waals surface area contributed by atoms with Gasteiger partial charge in [0.25, 0.3) is 0 Å². The summed E-state index contributed by atoms with van der Waals surface area (Å²) in [5.74, 6) is -4.67. The molecule has 16 unspecified atom stereocenters. The number of methoxy groups -OCH3 is 2. The first kappa shape index (κ1) is 53.1. The van der Waals surface area contributed by atoms with Crippen molar-refractivity contribution in [2.75, 3.05) is 14.2 Å². The number of carbonyl (C=O) groups is 3. The number of phenols is 2. The van der Waals surface area contributed by atoms with Gasteiger partial charge in [-0.3, -0.25) is 14.4 Å². The number of Topliss-reactive ketones (excluding diaryl/α,β-unsaturated/α-hetero) is 2. The Balaban J connectivity index is 1.15. The summed E-state index contributed by atoms with van der Waals surface area (Å²) in [4.78, 5) is 40.8. The average molecular weight is 983 g/mol. The van der Waals surface area contributed by atoms with Crippen LogP contribution in [0.3, 0.4) is 0 Å². The Labute approximate surface area is 398 Å².